The van der Waals surface area contributed by atoms with Gasteiger partial charge in [0, 0.05) is 0 Å². The fourth-order valence-corrected chi connectivity index (χ4v) is 1.36. The van der Waals surface area contributed by atoms with Crippen molar-refractivity contribution in [1.82, 2.24) is 0 Å². The summed E-state index contributed by atoms with van der Waals surface area (Å²) >= 11 is 3.06. The zero-order valence-electron chi connectivity index (χ0n) is 7.05. The third kappa shape index (κ3) is 2.23. The second-order valence-electron chi connectivity index (χ2n) is 2.73. The smallest absolute Gasteiger partial charge is 0.170 e. The number of benzene rings is 1. The van der Waals surface area contributed by atoms with Gasteiger partial charge in [0.2, 0.25) is 0 Å². The molecule has 4 nitrogen and oxygen atoms in total. The summed E-state index contributed by atoms with van der Waals surface area (Å²) in [6.45, 7) is 0. The van der Waals surface area contributed by atoms with Gasteiger partial charge < -0.3 is 15.3 Å². The van der Waals surface area contributed by atoms with Crippen LogP contribution >= 0.6 is 15.9 Å². The topological polar surface area (TPSA) is 84.5 Å². The summed E-state index contributed by atoms with van der Waals surface area (Å²) in [5.41, 5.74) is 0.365. The third-order valence-electron chi connectivity index (χ3n) is 1.74. The maximum atomic E-state index is 9.43. The largest absolute Gasteiger partial charge is 0.507 e. The predicted molar refractivity (Wildman–Crippen MR) is 52.4 cm³/mol. The Morgan fingerprint density at radius 1 is 1.36 bits per heavy atom. The van der Waals surface area contributed by atoms with Crippen LogP contribution in [0.5, 0.6) is 5.75 Å². The first-order valence-corrected chi connectivity index (χ1v) is 4.59. The average molecular weight is 258 g/mol. The lowest BCUT2D eigenvalue weighted by Gasteiger charge is -2.12. The summed E-state index contributed by atoms with van der Waals surface area (Å²) in [6.07, 6.45) is -2.73. The van der Waals surface area contributed by atoms with Gasteiger partial charge in [0.1, 0.15) is 11.9 Å². The van der Waals surface area contributed by atoms with Gasteiger partial charge in [-0.1, -0.05) is 6.07 Å². The maximum Gasteiger partial charge on any atom is 0.170 e. The van der Waals surface area contributed by atoms with Crippen LogP contribution in [0.15, 0.2) is 22.7 Å². The molecule has 0 saturated heterocycles. The molecule has 14 heavy (non-hydrogen) atoms. The molecule has 0 fully saturated rings. The highest BCUT2D eigenvalue weighted by atomic mass is 79.9. The molecule has 0 spiro atoms. The van der Waals surface area contributed by atoms with Gasteiger partial charge in [-0.15, -0.1) is 0 Å². The van der Waals surface area contributed by atoms with E-state index in [-0.39, 0.29) is 5.75 Å². The molecule has 0 aromatic heterocycles. The highest BCUT2D eigenvalue weighted by molar-refractivity contribution is 9.10. The normalized spacial score (nSPS) is 14.4. The SMILES string of the molecule is N#CC(O)C(O)c1ccc(O)c(Br)c1. The van der Waals surface area contributed by atoms with Crippen LogP contribution in [0.1, 0.15) is 11.7 Å². The Kier molecular flexibility index (Phi) is 3.47. The number of aromatic hydroxyl groups is 1. The molecular weight excluding hydrogens is 250 g/mol. The summed E-state index contributed by atoms with van der Waals surface area (Å²) in [7, 11) is 0. The molecular formula is C9H8BrNO3. The Morgan fingerprint density at radius 3 is 2.50 bits per heavy atom. The van der Waals surface area contributed by atoms with E-state index in [1.54, 1.807) is 0 Å². The monoisotopic (exact) mass is 257 g/mol. The first kappa shape index (κ1) is 11.0. The number of hydrogen-bond donors (Lipinski definition) is 3. The first-order chi connectivity index (χ1) is 6.56. The molecule has 3 N–H and O–H groups in total. The molecule has 0 aliphatic rings. The van der Waals surface area contributed by atoms with Crippen molar-refractivity contribution in [3.05, 3.63) is 28.2 Å². The molecule has 0 amide bonds. The van der Waals surface area contributed by atoms with Crippen molar-refractivity contribution >= 4 is 15.9 Å². The summed E-state index contributed by atoms with van der Waals surface area (Å²) < 4.78 is 0.402. The molecule has 0 heterocycles. The van der Waals surface area contributed by atoms with Crippen molar-refractivity contribution in [3.8, 4) is 11.8 Å². The van der Waals surface area contributed by atoms with Crippen LogP contribution in [-0.4, -0.2) is 21.4 Å². The molecule has 1 aromatic carbocycles. The molecule has 5 heteroatoms. The van der Waals surface area contributed by atoms with Gasteiger partial charge in [0.25, 0.3) is 0 Å². The van der Waals surface area contributed by atoms with Crippen LogP contribution in [0.2, 0.25) is 0 Å². The summed E-state index contributed by atoms with van der Waals surface area (Å²) in [5, 5.41) is 36.0. The number of rotatable bonds is 2. The molecule has 1 rings (SSSR count). The number of aliphatic hydroxyl groups is 2. The van der Waals surface area contributed by atoms with E-state index in [1.165, 1.54) is 24.3 Å². The van der Waals surface area contributed by atoms with Crippen LogP contribution < -0.4 is 0 Å². The molecule has 0 saturated carbocycles. The summed E-state index contributed by atoms with van der Waals surface area (Å²) in [6, 6.07) is 5.77. The van der Waals surface area contributed by atoms with E-state index in [1.807, 2.05) is 0 Å². The summed E-state index contributed by atoms with van der Waals surface area (Å²) in [5.74, 6) is 0.0346. The summed E-state index contributed by atoms with van der Waals surface area (Å²) in [4.78, 5) is 0. The molecule has 2 atom stereocenters. The standard InChI is InChI=1S/C9H8BrNO3/c10-6-3-5(1-2-7(6)12)9(14)8(13)4-11/h1-3,8-9,12-14H. The molecule has 0 radical (unpaired) electrons. The van der Waals surface area contributed by atoms with Gasteiger partial charge in [-0.05, 0) is 33.6 Å². The van der Waals surface area contributed by atoms with E-state index in [0.29, 0.717) is 10.0 Å². The van der Waals surface area contributed by atoms with E-state index < -0.39 is 12.2 Å². The Balaban J connectivity index is 2.98. The Morgan fingerprint density at radius 2 is 2.00 bits per heavy atom. The lowest BCUT2D eigenvalue weighted by atomic mass is 10.1. The highest BCUT2D eigenvalue weighted by Gasteiger charge is 2.18. The van der Waals surface area contributed by atoms with Crippen molar-refractivity contribution < 1.29 is 15.3 Å². The van der Waals surface area contributed by atoms with Crippen LogP contribution in [-0.2, 0) is 0 Å². The average Bonchev–Trinajstić information content (AvgIpc) is 2.20. The highest BCUT2D eigenvalue weighted by Crippen LogP contribution is 2.27. The Hall–Kier alpha value is -1.09. The maximum absolute atomic E-state index is 9.43. The number of halogens is 1. The molecule has 0 aliphatic heterocycles. The number of phenolic OH excluding ortho intramolecular Hbond substituents is 1. The van der Waals surface area contributed by atoms with E-state index in [0.717, 1.165) is 0 Å². The predicted octanol–water partition coefficient (Wildman–Crippen LogP) is 1.07. The number of hydrogen-bond acceptors (Lipinski definition) is 4. The van der Waals surface area contributed by atoms with Crippen LogP contribution in [0.3, 0.4) is 0 Å². The number of aliphatic hydroxyl groups excluding tert-OH is 2. The quantitative estimate of drug-likeness (QED) is 0.693. The molecule has 1 aromatic rings. The van der Waals surface area contributed by atoms with Crippen molar-refractivity contribution in [2.75, 3.05) is 0 Å². The molecule has 0 bridgehead atoms. The van der Waals surface area contributed by atoms with Gasteiger partial charge in [0.05, 0.1) is 10.5 Å². The second-order valence-corrected chi connectivity index (χ2v) is 3.58. The van der Waals surface area contributed by atoms with Crippen molar-refractivity contribution in [3.63, 3.8) is 0 Å². The molecule has 2 unspecified atom stereocenters. The fraction of sp³-hybridized carbons (Fsp3) is 0.222. The molecule has 0 aliphatic carbocycles. The van der Waals surface area contributed by atoms with E-state index in [4.69, 9.17) is 15.5 Å². The van der Waals surface area contributed by atoms with Gasteiger partial charge >= 0.3 is 0 Å². The fourth-order valence-electron chi connectivity index (χ4n) is 0.960. The van der Waals surface area contributed by atoms with Crippen LogP contribution in [0.25, 0.3) is 0 Å². The van der Waals surface area contributed by atoms with E-state index >= 15 is 0 Å². The van der Waals surface area contributed by atoms with Gasteiger partial charge in [-0.2, -0.15) is 5.26 Å². The van der Waals surface area contributed by atoms with Gasteiger partial charge in [-0.3, -0.25) is 0 Å². The Bertz CT molecular complexity index is 375. The first-order valence-electron chi connectivity index (χ1n) is 3.80. The zero-order valence-corrected chi connectivity index (χ0v) is 8.64. The van der Waals surface area contributed by atoms with Crippen molar-refractivity contribution in [2.24, 2.45) is 0 Å². The minimum Gasteiger partial charge on any atom is -0.507 e. The van der Waals surface area contributed by atoms with Crippen LogP contribution in [0, 0.1) is 11.3 Å². The number of nitriles is 1. The van der Waals surface area contributed by atoms with Gasteiger partial charge in [0.15, 0.2) is 6.10 Å². The van der Waals surface area contributed by atoms with Crippen molar-refractivity contribution in [2.45, 2.75) is 12.2 Å². The van der Waals surface area contributed by atoms with Crippen molar-refractivity contribution in [1.29, 1.82) is 5.26 Å². The minimum atomic E-state index is -1.47. The lowest BCUT2D eigenvalue weighted by molar-refractivity contribution is 0.0527. The van der Waals surface area contributed by atoms with Gasteiger partial charge in [-0.25, -0.2) is 0 Å². The number of nitrogens with zero attached hydrogens (tertiary/aromatic N) is 1. The Labute approximate surface area is 89.2 Å². The lowest BCUT2D eigenvalue weighted by Crippen LogP contribution is -2.15. The van der Waals surface area contributed by atoms with E-state index in [2.05, 4.69) is 15.9 Å². The zero-order chi connectivity index (χ0) is 10.7. The minimum absolute atomic E-state index is 0.0346. The third-order valence-corrected chi connectivity index (χ3v) is 2.38. The van der Waals surface area contributed by atoms with E-state index in [9.17, 15) is 5.11 Å². The number of phenols is 1. The van der Waals surface area contributed by atoms with Crippen LogP contribution in [0.4, 0.5) is 0 Å². The molecule has 74 valence electrons. The second kappa shape index (κ2) is 4.42.